The second-order valence-electron chi connectivity index (χ2n) is 3.45. The molecular formula is C9H14ClIN6OS. The van der Waals surface area contributed by atoms with E-state index in [4.69, 9.17) is 22.7 Å². The average Bonchev–Trinajstić information content (AvgIpc) is 2.30. The van der Waals surface area contributed by atoms with Crippen LogP contribution in [-0.2, 0) is 0 Å². The Morgan fingerprint density at radius 3 is 2.53 bits per heavy atom. The van der Waals surface area contributed by atoms with E-state index in [1.165, 1.54) is 0 Å². The molecule has 0 fully saturated rings. The number of anilines is 2. The van der Waals surface area contributed by atoms with E-state index in [-0.39, 0.29) is 45.8 Å². The fourth-order valence-corrected chi connectivity index (χ4v) is 1.57. The minimum absolute atomic E-state index is 0. The number of nitrogens with one attached hydrogen (secondary N) is 2. The predicted molar refractivity (Wildman–Crippen MR) is 89.9 cm³/mol. The van der Waals surface area contributed by atoms with Gasteiger partial charge in [0.2, 0.25) is 0 Å². The quantitative estimate of drug-likeness (QED) is 0.382. The number of carbonyl (C=O) groups is 1. The minimum Gasteiger partial charge on any atom is -0.382 e. The maximum Gasteiger partial charge on any atom is 0.279 e. The maximum atomic E-state index is 11.7. The Morgan fingerprint density at radius 2 is 2.05 bits per heavy atom. The summed E-state index contributed by atoms with van der Waals surface area (Å²) in [6, 6.07) is 0. The van der Waals surface area contributed by atoms with Crippen molar-refractivity contribution in [2.24, 2.45) is 0 Å². The second-order valence-corrected chi connectivity index (χ2v) is 4.63. The van der Waals surface area contributed by atoms with Gasteiger partial charge in [0, 0.05) is 14.1 Å². The van der Waals surface area contributed by atoms with Gasteiger partial charge < -0.3 is 16.0 Å². The van der Waals surface area contributed by atoms with Crippen LogP contribution in [0.5, 0.6) is 0 Å². The van der Waals surface area contributed by atoms with E-state index in [0.29, 0.717) is 5.82 Å². The Bertz CT molecular complexity index is 498. The van der Waals surface area contributed by atoms with Gasteiger partial charge in [-0.05, 0) is 6.26 Å². The molecule has 0 aliphatic rings. The zero-order chi connectivity index (χ0) is 13.9. The van der Waals surface area contributed by atoms with Gasteiger partial charge in [-0.15, -0.1) is 24.0 Å². The molecule has 1 aromatic rings. The number of amides is 1. The summed E-state index contributed by atoms with van der Waals surface area (Å²) in [6.07, 6.45) is 1.67. The molecule has 0 spiro atoms. The molecule has 1 heterocycles. The Labute approximate surface area is 137 Å². The van der Waals surface area contributed by atoms with Gasteiger partial charge >= 0.3 is 0 Å². The molecule has 7 nitrogen and oxygen atoms in total. The zero-order valence-electron chi connectivity index (χ0n) is 10.5. The lowest BCUT2D eigenvalue weighted by molar-refractivity contribution is 0.0973. The van der Waals surface area contributed by atoms with Crippen LogP contribution in [-0.4, -0.2) is 41.4 Å². The maximum absolute atomic E-state index is 11.7. The van der Waals surface area contributed by atoms with E-state index in [1.54, 1.807) is 25.3 Å². The second kappa shape index (κ2) is 7.70. The van der Waals surface area contributed by atoms with Gasteiger partial charge in [-0.25, -0.2) is 9.97 Å². The SMILES string of the molecule is CSC(=N)NC(=O)c1nc(Cl)c(N(C)C)nc1N.I. The first-order chi connectivity index (χ1) is 8.36. The lowest BCUT2D eigenvalue weighted by Gasteiger charge is -2.14. The Balaban J connectivity index is 0.00000324. The van der Waals surface area contributed by atoms with Crippen molar-refractivity contribution in [2.45, 2.75) is 0 Å². The van der Waals surface area contributed by atoms with E-state index in [9.17, 15) is 4.79 Å². The first-order valence-corrected chi connectivity index (χ1v) is 6.41. The molecule has 0 saturated carbocycles. The molecule has 1 aromatic heterocycles. The standard InChI is InChI=1S/C9H13ClN6OS.HI/c1-16(2)7-5(10)13-4(6(11)14-7)8(17)15-9(12)18-3;/h1-3H3,(H2,11,14)(H2,12,15,17);1H. The number of nitrogens with zero attached hydrogens (tertiary/aromatic N) is 3. The Morgan fingerprint density at radius 1 is 1.47 bits per heavy atom. The van der Waals surface area contributed by atoms with Crippen LogP contribution in [0.15, 0.2) is 0 Å². The first-order valence-electron chi connectivity index (χ1n) is 4.81. The third-order valence-electron chi connectivity index (χ3n) is 1.93. The summed E-state index contributed by atoms with van der Waals surface area (Å²) in [7, 11) is 3.47. The molecule has 0 bridgehead atoms. The molecule has 1 amide bonds. The van der Waals surface area contributed by atoms with E-state index in [1.807, 2.05) is 0 Å². The van der Waals surface area contributed by atoms with Crippen molar-refractivity contribution in [3.8, 4) is 0 Å². The fourth-order valence-electron chi connectivity index (χ4n) is 1.08. The Hall–Kier alpha value is -0.810. The highest BCUT2D eigenvalue weighted by Crippen LogP contribution is 2.22. The van der Waals surface area contributed by atoms with Crippen LogP contribution >= 0.6 is 47.3 Å². The molecule has 0 radical (unpaired) electrons. The summed E-state index contributed by atoms with van der Waals surface area (Å²) in [5.41, 5.74) is 5.56. The van der Waals surface area contributed by atoms with E-state index in [0.717, 1.165) is 11.8 Å². The number of halogens is 2. The average molecular weight is 417 g/mol. The Kier molecular flexibility index (Phi) is 7.37. The van der Waals surface area contributed by atoms with Crippen LogP contribution in [0.1, 0.15) is 10.5 Å². The van der Waals surface area contributed by atoms with Crippen molar-refractivity contribution in [1.82, 2.24) is 15.3 Å². The zero-order valence-corrected chi connectivity index (χ0v) is 14.4. The van der Waals surface area contributed by atoms with E-state index in [2.05, 4.69) is 15.3 Å². The number of nitrogens with two attached hydrogens (primary N) is 1. The number of nitrogen functional groups attached to an aromatic ring is 1. The molecule has 106 valence electrons. The van der Waals surface area contributed by atoms with Crippen LogP contribution in [0, 0.1) is 5.41 Å². The molecule has 1 rings (SSSR count). The van der Waals surface area contributed by atoms with Crippen LogP contribution in [0.2, 0.25) is 5.15 Å². The van der Waals surface area contributed by atoms with E-state index >= 15 is 0 Å². The molecule has 0 unspecified atom stereocenters. The number of hydrogen-bond acceptors (Lipinski definition) is 7. The molecule has 0 aromatic carbocycles. The molecule has 0 saturated heterocycles. The smallest absolute Gasteiger partial charge is 0.279 e. The number of rotatable bonds is 2. The predicted octanol–water partition coefficient (Wildman–Crippen LogP) is 1.42. The van der Waals surface area contributed by atoms with Gasteiger partial charge in [0.1, 0.15) is 0 Å². The molecule has 19 heavy (non-hydrogen) atoms. The van der Waals surface area contributed by atoms with Gasteiger partial charge in [-0.3, -0.25) is 10.2 Å². The van der Waals surface area contributed by atoms with Crippen molar-refractivity contribution in [3.63, 3.8) is 0 Å². The summed E-state index contributed by atoms with van der Waals surface area (Å²) in [4.78, 5) is 21.3. The van der Waals surface area contributed by atoms with Crippen molar-refractivity contribution in [2.75, 3.05) is 31.0 Å². The van der Waals surface area contributed by atoms with Crippen molar-refractivity contribution in [3.05, 3.63) is 10.8 Å². The summed E-state index contributed by atoms with van der Waals surface area (Å²) in [6.45, 7) is 0. The topological polar surface area (TPSA) is 108 Å². The van der Waals surface area contributed by atoms with Crippen molar-refractivity contribution >= 4 is 70.1 Å². The number of thioether (sulfide) groups is 1. The minimum atomic E-state index is -0.605. The number of amidine groups is 1. The molecule has 10 heteroatoms. The summed E-state index contributed by atoms with van der Waals surface area (Å²) < 4.78 is 0. The molecule has 0 aliphatic carbocycles. The molecule has 0 atom stereocenters. The highest BCUT2D eigenvalue weighted by atomic mass is 127. The number of hydrogen-bond donors (Lipinski definition) is 3. The molecular weight excluding hydrogens is 403 g/mol. The molecule has 0 aliphatic heterocycles. The van der Waals surface area contributed by atoms with Gasteiger partial charge in [-0.2, -0.15) is 0 Å². The highest BCUT2D eigenvalue weighted by Gasteiger charge is 2.18. The lowest BCUT2D eigenvalue weighted by atomic mass is 10.4. The van der Waals surface area contributed by atoms with E-state index < -0.39 is 5.91 Å². The largest absolute Gasteiger partial charge is 0.382 e. The van der Waals surface area contributed by atoms with Gasteiger partial charge in [0.15, 0.2) is 27.7 Å². The third-order valence-corrected chi connectivity index (χ3v) is 2.70. The van der Waals surface area contributed by atoms with Crippen LogP contribution in [0.25, 0.3) is 0 Å². The first kappa shape index (κ1) is 18.2. The van der Waals surface area contributed by atoms with Crippen LogP contribution in [0.4, 0.5) is 11.6 Å². The van der Waals surface area contributed by atoms with Crippen molar-refractivity contribution in [1.29, 1.82) is 5.41 Å². The number of carbonyl (C=O) groups excluding carboxylic acids is 1. The van der Waals surface area contributed by atoms with Crippen molar-refractivity contribution < 1.29 is 4.79 Å². The van der Waals surface area contributed by atoms with Crippen LogP contribution < -0.4 is 16.0 Å². The third kappa shape index (κ3) is 4.66. The lowest BCUT2D eigenvalue weighted by Crippen LogP contribution is -2.29. The fraction of sp³-hybridized carbons (Fsp3) is 0.333. The summed E-state index contributed by atoms with van der Waals surface area (Å²) in [5, 5.41) is 9.74. The van der Waals surface area contributed by atoms with Gasteiger partial charge in [-0.1, -0.05) is 23.4 Å². The molecule has 4 N–H and O–H groups in total. The summed E-state index contributed by atoms with van der Waals surface area (Å²) in [5.74, 6) is -0.258. The van der Waals surface area contributed by atoms with Crippen LogP contribution in [0.3, 0.4) is 0 Å². The number of aromatic nitrogens is 2. The monoisotopic (exact) mass is 416 g/mol. The van der Waals surface area contributed by atoms with Gasteiger partial charge in [0.25, 0.3) is 5.91 Å². The highest BCUT2D eigenvalue weighted by molar-refractivity contribution is 14.0. The normalized spacial score (nSPS) is 9.47. The van der Waals surface area contributed by atoms with Gasteiger partial charge in [0.05, 0.1) is 0 Å². The summed E-state index contributed by atoms with van der Waals surface area (Å²) >= 11 is 6.99.